The third-order valence-electron chi connectivity index (χ3n) is 2.74. The van der Waals surface area contributed by atoms with Gasteiger partial charge < -0.3 is 9.94 Å². The molecule has 2 N–H and O–H groups in total. The van der Waals surface area contributed by atoms with Crippen LogP contribution in [0.5, 0.6) is 0 Å². The average molecular weight is 305 g/mol. The van der Waals surface area contributed by atoms with E-state index >= 15 is 0 Å². The molecule has 1 aliphatic rings. The molecular weight excluding hydrogens is 294 g/mol. The Bertz CT molecular complexity index is 645. The summed E-state index contributed by atoms with van der Waals surface area (Å²) in [6.07, 6.45) is -0.0984. The highest BCUT2D eigenvalue weighted by molar-refractivity contribution is 7.86. The van der Waals surface area contributed by atoms with Crippen molar-refractivity contribution < 1.29 is 27.7 Å². The van der Waals surface area contributed by atoms with E-state index < -0.39 is 22.2 Å². The van der Waals surface area contributed by atoms with Crippen LogP contribution in [0.25, 0.3) is 0 Å². The summed E-state index contributed by atoms with van der Waals surface area (Å²) in [6, 6.07) is 0. The number of carbonyl (C=O) groups is 1. The van der Waals surface area contributed by atoms with E-state index in [0.29, 0.717) is 23.3 Å². The molecule has 0 fully saturated rings. The second-order valence-corrected chi connectivity index (χ2v) is 6.27. The Kier molecular flexibility index (Phi) is 3.61. The van der Waals surface area contributed by atoms with Gasteiger partial charge in [-0.05, 0) is 18.4 Å². The zero-order valence-electron chi connectivity index (χ0n) is 9.86. The molecular formula is C10H11NO6S2. The van der Waals surface area contributed by atoms with Gasteiger partial charge in [-0.1, -0.05) is 5.16 Å². The van der Waals surface area contributed by atoms with Crippen molar-refractivity contribution in [2.24, 2.45) is 5.16 Å². The minimum Gasteiger partial charge on any atom is -0.456 e. The molecule has 0 saturated carbocycles. The van der Waals surface area contributed by atoms with E-state index in [9.17, 15) is 13.2 Å². The SMILES string of the molecule is CC(=O)OC1CCc2c(S(=O)(=O)O)csc2/C1=N\O. The Morgan fingerprint density at radius 3 is 2.79 bits per heavy atom. The summed E-state index contributed by atoms with van der Waals surface area (Å²) < 4.78 is 36.5. The van der Waals surface area contributed by atoms with Gasteiger partial charge in [0.25, 0.3) is 10.1 Å². The number of hydrogen-bond acceptors (Lipinski definition) is 7. The van der Waals surface area contributed by atoms with Gasteiger partial charge in [-0.3, -0.25) is 9.35 Å². The number of esters is 1. The van der Waals surface area contributed by atoms with Crippen LogP contribution in [0.15, 0.2) is 15.4 Å². The standard InChI is InChI=1S/C10H11NO6S2/c1-5(12)17-7-3-2-6-8(19(14,15)16)4-18-10(6)9(7)11-13/h4,7,13H,2-3H2,1H3,(H,14,15,16)/b11-9-. The normalized spacial score (nSPS) is 21.2. The van der Waals surface area contributed by atoms with E-state index in [-0.39, 0.29) is 10.6 Å². The monoisotopic (exact) mass is 305 g/mol. The lowest BCUT2D eigenvalue weighted by molar-refractivity contribution is -0.143. The number of fused-ring (bicyclic) bond motifs is 1. The van der Waals surface area contributed by atoms with Crippen LogP contribution in [-0.2, 0) is 26.1 Å². The van der Waals surface area contributed by atoms with Crippen molar-refractivity contribution in [1.29, 1.82) is 0 Å². The number of nitrogens with zero attached hydrogens (tertiary/aromatic N) is 1. The number of rotatable bonds is 2. The number of hydrogen-bond donors (Lipinski definition) is 2. The largest absolute Gasteiger partial charge is 0.456 e. The van der Waals surface area contributed by atoms with Gasteiger partial charge in [-0.15, -0.1) is 11.3 Å². The second kappa shape index (κ2) is 4.91. The predicted octanol–water partition coefficient (Wildman–Crippen LogP) is 1.05. The zero-order valence-corrected chi connectivity index (χ0v) is 11.5. The quantitative estimate of drug-likeness (QED) is 0.365. The fourth-order valence-electron chi connectivity index (χ4n) is 2.02. The summed E-state index contributed by atoms with van der Waals surface area (Å²) in [5.74, 6) is -0.513. The lowest BCUT2D eigenvalue weighted by Gasteiger charge is -2.23. The number of carbonyl (C=O) groups excluding carboxylic acids is 1. The van der Waals surface area contributed by atoms with Crippen molar-refractivity contribution in [1.82, 2.24) is 0 Å². The highest BCUT2D eigenvalue weighted by Gasteiger charge is 2.34. The molecule has 1 unspecified atom stereocenters. The van der Waals surface area contributed by atoms with Crippen molar-refractivity contribution in [2.45, 2.75) is 30.8 Å². The molecule has 1 heterocycles. The van der Waals surface area contributed by atoms with Crippen molar-refractivity contribution in [3.63, 3.8) is 0 Å². The molecule has 2 rings (SSSR count). The smallest absolute Gasteiger partial charge is 0.303 e. The van der Waals surface area contributed by atoms with E-state index in [1.54, 1.807) is 0 Å². The van der Waals surface area contributed by atoms with E-state index in [1.807, 2.05) is 0 Å². The highest BCUT2D eigenvalue weighted by atomic mass is 32.2. The summed E-state index contributed by atoms with van der Waals surface area (Å²) in [7, 11) is -4.31. The summed E-state index contributed by atoms with van der Waals surface area (Å²) in [6.45, 7) is 1.24. The summed E-state index contributed by atoms with van der Waals surface area (Å²) >= 11 is 1.02. The Morgan fingerprint density at radius 1 is 1.58 bits per heavy atom. The Morgan fingerprint density at radius 2 is 2.26 bits per heavy atom. The van der Waals surface area contributed by atoms with Crippen molar-refractivity contribution in [2.75, 3.05) is 0 Å². The molecule has 0 aliphatic heterocycles. The van der Waals surface area contributed by atoms with Crippen molar-refractivity contribution >= 4 is 33.1 Å². The van der Waals surface area contributed by atoms with Gasteiger partial charge in [0.15, 0.2) is 0 Å². The summed E-state index contributed by atoms with van der Waals surface area (Å²) in [4.78, 5) is 11.2. The fourth-order valence-corrected chi connectivity index (χ4v) is 4.24. The first-order valence-electron chi connectivity index (χ1n) is 5.32. The predicted molar refractivity (Wildman–Crippen MR) is 66.3 cm³/mol. The van der Waals surface area contributed by atoms with Crippen LogP contribution in [0.1, 0.15) is 23.8 Å². The second-order valence-electron chi connectivity index (χ2n) is 4.00. The maximum Gasteiger partial charge on any atom is 0.303 e. The number of thiophene rings is 1. The van der Waals surface area contributed by atoms with E-state index in [4.69, 9.17) is 14.5 Å². The van der Waals surface area contributed by atoms with Gasteiger partial charge in [-0.25, -0.2) is 0 Å². The molecule has 0 radical (unpaired) electrons. The van der Waals surface area contributed by atoms with Crippen molar-refractivity contribution in [3.05, 3.63) is 15.8 Å². The first kappa shape index (κ1) is 14.0. The van der Waals surface area contributed by atoms with Crippen LogP contribution in [0, 0.1) is 0 Å². The van der Waals surface area contributed by atoms with E-state index in [1.165, 1.54) is 12.3 Å². The minimum atomic E-state index is -4.31. The fraction of sp³-hybridized carbons (Fsp3) is 0.400. The highest BCUT2D eigenvalue weighted by Crippen LogP contribution is 2.34. The van der Waals surface area contributed by atoms with Crippen LogP contribution in [0.4, 0.5) is 0 Å². The third kappa shape index (κ3) is 2.62. The first-order chi connectivity index (χ1) is 8.84. The first-order valence-corrected chi connectivity index (χ1v) is 7.64. The van der Waals surface area contributed by atoms with Gasteiger partial charge in [0.05, 0.1) is 4.88 Å². The van der Waals surface area contributed by atoms with Crippen LogP contribution in [-0.4, -0.2) is 36.0 Å². The zero-order chi connectivity index (χ0) is 14.2. The molecule has 0 bridgehead atoms. The van der Waals surface area contributed by atoms with Crippen LogP contribution in [0.2, 0.25) is 0 Å². The molecule has 104 valence electrons. The minimum absolute atomic E-state index is 0.108. The molecule has 0 amide bonds. The molecule has 0 aromatic carbocycles. The maximum absolute atomic E-state index is 11.2. The third-order valence-corrected chi connectivity index (χ3v) is 4.86. The molecule has 1 aromatic rings. The molecule has 1 aliphatic carbocycles. The van der Waals surface area contributed by atoms with Crippen LogP contribution >= 0.6 is 11.3 Å². The summed E-state index contributed by atoms with van der Waals surface area (Å²) in [5, 5.41) is 13.4. The van der Waals surface area contributed by atoms with E-state index in [0.717, 1.165) is 11.3 Å². The van der Waals surface area contributed by atoms with Gasteiger partial charge >= 0.3 is 5.97 Å². The summed E-state index contributed by atoms with van der Waals surface area (Å²) in [5.41, 5.74) is 0.500. The van der Waals surface area contributed by atoms with Crippen LogP contribution < -0.4 is 0 Å². The average Bonchev–Trinajstić information content (AvgIpc) is 2.71. The Labute approximate surface area is 113 Å². The van der Waals surface area contributed by atoms with Gasteiger partial charge in [0.2, 0.25) is 0 Å². The van der Waals surface area contributed by atoms with E-state index in [2.05, 4.69) is 5.16 Å². The molecule has 0 saturated heterocycles. The molecule has 1 aromatic heterocycles. The van der Waals surface area contributed by atoms with Crippen LogP contribution in [0.3, 0.4) is 0 Å². The lowest BCUT2D eigenvalue weighted by atomic mass is 9.95. The molecule has 19 heavy (non-hydrogen) atoms. The van der Waals surface area contributed by atoms with Gasteiger partial charge in [0.1, 0.15) is 16.7 Å². The lowest BCUT2D eigenvalue weighted by Crippen LogP contribution is -2.31. The number of ether oxygens (including phenoxy) is 1. The maximum atomic E-state index is 11.2. The Hall–Kier alpha value is -1.45. The van der Waals surface area contributed by atoms with Gasteiger partial charge in [0, 0.05) is 12.3 Å². The molecule has 7 nitrogen and oxygen atoms in total. The van der Waals surface area contributed by atoms with Gasteiger partial charge in [-0.2, -0.15) is 8.42 Å². The topological polar surface area (TPSA) is 113 Å². The Balaban J connectivity index is 2.46. The molecule has 0 spiro atoms. The molecule has 9 heteroatoms. The number of oxime groups is 1. The molecule has 1 atom stereocenters. The van der Waals surface area contributed by atoms with Crippen molar-refractivity contribution in [3.8, 4) is 0 Å².